The Balaban J connectivity index is 1.65. The van der Waals surface area contributed by atoms with Crippen molar-refractivity contribution in [1.82, 2.24) is 0 Å². The Labute approximate surface area is 135 Å². The van der Waals surface area contributed by atoms with Crippen LogP contribution in [0.25, 0.3) is 0 Å². The smallest absolute Gasteiger partial charge is 0.133 e. The lowest BCUT2D eigenvalue weighted by Gasteiger charge is -2.60. The Morgan fingerprint density at radius 3 is 2.45 bits per heavy atom. The quantitative estimate of drug-likeness (QED) is 0.722. The summed E-state index contributed by atoms with van der Waals surface area (Å²) in [6.45, 7) is 6.94. The van der Waals surface area contributed by atoms with Crippen molar-refractivity contribution in [2.75, 3.05) is 0 Å². The van der Waals surface area contributed by atoms with Crippen molar-refractivity contribution < 1.29 is 9.90 Å². The molecule has 4 aliphatic carbocycles. The van der Waals surface area contributed by atoms with Gasteiger partial charge in [-0.25, -0.2) is 0 Å². The lowest BCUT2D eigenvalue weighted by atomic mass is 9.44. The fourth-order valence-corrected chi connectivity index (χ4v) is 7.29. The molecule has 4 saturated carbocycles. The van der Waals surface area contributed by atoms with Gasteiger partial charge in [0.1, 0.15) is 5.78 Å². The van der Waals surface area contributed by atoms with Crippen LogP contribution >= 0.6 is 0 Å². The van der Waals surface area contributed by atoms with Gasteiger partial charge in [-0.2, -0.15) is 0 Å². The van der Waals surface area contributed by atoms with Gasteiger partial charge >= 0.3 is 0 Å². The van der Waals surface area contributed by atoms with E-state index >= 15 is 0 Å². The van der Waals surface area contributed by atoms with Gasteiger partial charge in [-0.05, 0) is 86.4 Å². The van der Waals surface area contributed by atoms with Crippen LogP contribution in [0.2, 0.25) is 0 Å². The molecule has 0 aromatic heterocycles. The maximum atomic E-state index is 11.9. The fourth-order valence-electron chi connectivity index (χ4n) is 7.29. The first kappa shape index (κ1) is 15.2. The van der Waals surface area contributed by atoms with Crippen LogP contribution in [0.4, 0.5) is 0 Å². The molecule has 0 aromatic carbocycles. The molecule has 7 atom stereocenters. The minimum absolute atomic E-state index is 0.127. The molecule has 0 amide bonds. The second-order valence-electron chi connectivity index (χ2n) is 9.67. The molecule has 4 rings (SSSR count). The highest BCUT2D eigenvalue weighted by molar-refractivity contribution is 5.79. The number of aliphatic hydroxyl groups is 1. The summed E-state index contributed by atoms with van der Waals surface area (Å²) in [4.78, 5) is 11.9. The summed E-state index contributed by atoms with van der Waals surface area (Å²) in [5.41, 5.74) is 0.0530. The number of Topliss-reactive ketones (excluding diaryl/α,β-unsaturated/α-hetero) is 1. The van der Waals surface area contributed by atoms with Gasteiger partial charge in [0.05, 0.1) is 5.60 Å². The molecule has 2 heteroatoms. The van der Waals surface area contributed by atoms with Crippen LogP contribution in [0.3, 0.4) is 0 Å². The zero-order chi connectivity index (χ0) is 15.8. The largest absolute Gasteiger partial charge is 0.390 e. The van der Waals surface area contributed by atoms with Crippen molar-refractivity contribution in [3.05, 3.63) is 0 Å². The molecular weight excluding hydrogens is 272 g/mol. The molecule has 0 aromatic rings. The number of ketones is 1. The molecule has 0 unspecified atom stereocenters. The average Bonchev–Trinajstić information content (AvgIpc) is 2.70. The Bertz CT molecular complexity index is 496. The number of carbonyl (C=O) groups excluding carboxylic acids is 1. The molecule has 4 aliphatic rings. The second kappa shape index (κ2) is 4.59. The molecule has 2 nitrogen and oxygen atoms in total. The van der Waals surface area contributed by atoms with Crippen molar-refractivity contribution in [2.24, 2.45) is 34.5 Å². The summed E-state index contributed by atoms with van der Waals surface area (Å²) in [6, 6.07) is 0. The van der Waals surface area contributed by atoms with Crippen molar-refractivity contribution in [2.45, 2.75) is 84.2 Å². The highest BCUT2D eigenvalue weighted by Gasteiger charge is 2.63. The highest BCUT2D eigenvalue weighted by atomic mass is 16.3. The first-order chi connectivity index (χ1) is 10.3. The maximum absolute atomic E-state index is 11.9. The Hall–Kier alpha value is -0.370. The van der Waals surface area contributed by atoms with E-state index in [4.69, 9.17) is 0 Å². The summed E-state index contributed by atoms with van der Waals surface area (Å²) >= 11 is 0. The third kappa shape index (κ3) is 1.79. The van der Waals surface area contributed by atoms with E-state index in [9.17, 15) is 9.90 Å². The summed E-state index contributed by atoms with van der Waals surface area (Å²) in [5.74, 6) is 3.44. The fraction of sp³-hybridized carbons (Fsp3) is 0.950. The lowest BCUT2D eigenvalue weighted by molar-refractivity contribution is -0.152. The molecule has 4 fully saturated rings. The summed E-state index contributed by atoms with van der Waals surface area (Å²) in [5, 5.41) is 10.9. The van der Waals surface area contributed by atoms with Crippen LogP contribution in [-0.4, -0.2) is 16.5 Å². The van der Waals surface area contributed by atoms with Crippen molar-refractivity contribution in [3.63, 3.8) is 0 Å². The average molecular weight is 304 g/mol. The number of carbonyl (C=O) groups is 1. The Kier molecular flexibility index (Phi) is 3.16. The second-order valence-corrected chi connectivity index (χ2v) is 9.67. The van der Waals surface area contributed by atoms with E-state index in [1.54, 1.807) is 0 Å². The molecule has 0 spiro atoms. The van der Waals surface area contributed by atoms with Crippen LogP contribution in [0.1, 0.15) is 78.6 Å². The number of fused-ring (bicyclic) bond motifs is 5. The molecule has 124 valence electrons. The maximum Gasteiger partial charge on any atom is 0.133 e. The predicted molar refractivity (Wildman–Crippen MR) is 87.4 cm³/mol. The van der Waals surface area contributed by atoms with Gasteiger partial charge < -0.3 is 5.11 Å². The van der Waals surface area contributed by atoms with Crippen LogP contribution in [0, 0.1) is 34.5 Å². The van der Waals surface area contributed by atoms with E-state index in [2.05, 4.69) is 20.8 Å². The van der Waals surface area contributed by atoms with Gasteiger partial charge in [0, 0.05) is 12.8 Å². The van der Waals surface area contributed by atoms with Gasteiger partial charge in [-0.15, -0.1) is 0 Å². The van der Waals surface area contributed by atoms with Crippen LogP contribution < -0.4 is 0 Å². The standard InChI is InChI=1S/C20H32O2/c1-18-9-6-14(21)12-13(18)4-5-15-16(18)7-10-19(2)17(15)8-11-20(19,3)22/h13,15-17,22H,4-12H2,1-3H3/t13-,15+,16-,17+,18-,19-,20-/m0/s1. The van der Waals surface area contributed by atoms with E-state index in [0.717, 1.165) is 37.5 Å². The Morgan fingerprint density at radius 2 is 1.68 bits per heavy atom. The SMILES string of the molecule is C[C@]12CCC(=O)C[C@@H]1CC[C@H]1[C@H]3CC[C@](C)(O)[C@@]3(C)CC[C@@H]12. The third-order valence-electron chi connectivity index (χ3n) is 9.04. The molecule has 0 heterocycles. The van der Waals surface area contributed by atoms with Gasteiger partial charge in [0.15, 0.2) is 0 Å². The molecular formula is C20H32O2. The highest BCUT2D eigenvalue weighted by Crippen LogP contribution is 2.67. The van der Waals surface area contributed by atoms with Crippen LogP contribution in [0.5, 0.6) is 0 Å². The molecule has 0 aliphatic heterocycles. The van der Waals surface area contributed by atoms with E-state index in [1.807, 2.05) is 0 Å². The minimum atomic E-state index is -0.469. The monoisotopic (exact) mass is 304 g/mol. The predicted octanol–water partition coefficient (Wildman–Crippen LogP) is 4.35. The van der Waals surface area contributed by atoms with Crippen LogP contribution in [-0.2, 0) is 4.79 Å². The molecule has 22 heavy (non-hydrogen) atoms. The number of hydrogen-bond donors (Lipinski definition) is 1. The Morgan fingerprint density at radius 1 is 0.955 bits per heavy atom. The molecule has 0 bridgehead atoms. The zero-order valence-corrected chi connectivity index (χ0v) is 14.5. The van der Waals surface area contributed by atoms with Crippen molar-refractivity contribution in [3.8, 4) is 0 Å². The minimum Gasteiger partial charge on any atom is -0.390 e. The lowest BCUT2D eigenvalue weighted by Crippen LogP contribution is -2.55. The molecule has 1 N–H and O–H groups in total. The van der Waals surface area contributed by atoms with E-state index < -0.39 is 5.60 Å². The van der Waals surface area contributed by atoms with Gasteiger partial charge in [0.25, 0.3) is 0 Å². The normalized spacial score (nSPS) is 57.9. The van der Waals surface area contributed by atoms with Crippen LogP contribution in [0.15, 0.2) is 0 Å². The number of rotatable bonds is 0. The number of hydrogen-bond acceptors (Lipinski definition) is 2. The summed E-state index contributed by atoms with van der Waals surface area (Å²) in [6.07, 6.45) is 9.98. The summed E-state index contributed by atoms with van der Waals surface area (Å²) in [7, 11) is 0. The van der Waals surface area contributed by atoms with Gasteiger partial charge in [-0.3, -0.25) is 4.79 Å². The molecule has 0 saturated heterocycles. The van der Waals surface area contributed by atoms with Crippen molar-refractivity contribution >= 4 is 5.78 Å². The van der Waals surface area contributed by atoms with Gasteiger partial charge in [-0.1, -0.05) is 13.8 Å². The van der Waals surface area contributed by atoms with E-state index in [-0.39, 0.29) is 5.41 Å². The topological polar surface area (TPSA) is 37.3 Å². The van der Waals surface area contributed by atoms with Crippen molar-refractivity contribution in [1.29, 1.82) is 0 Å². The van der Waals surface area contributed by atoms with E-state index in [0.29, 0.717) is 23.0 Å². The third-order valence-corrected chi connectivity index (χ3v) is 9.04. The van der Waals surface area contributed by atoms with E-state index in [1.165, 1.54) is 32.1 Å². The first-order valence-corrected chi connectivity index (χ1v) is 9.52. The summed E-state index contributed by atoms with van der Waals surface area (Å²) < 4.78 is 0. The zero-order valence-electron chi connectivity index (χ0n) is 14.5. The first-order valence-electron chi connectivity index (χ1n) is 9.52. The van der Waals surface area contributed by atoms with Gasteiger partial charge in [0.2, 0.25) is 0 Å². The molecule has 0 radical (unpaired) electrons.